The lowest BCUT2D eigenvalue weighted by molar-refractivity contribution is -0.131. The number of hydrogen-bond acceptors (Lipinski definition) is 4. The van der Waals surface area contributed by atoms with E-state index in [-0.39, 0.29) is 6.54 Å². The first-order chi connectivity index (χ1) is 7.94. The van der Waals surface area contributed by atoms with Gasteiger partial charge in [-0.2, -0.15) is 13.1 Å². The number of rotatable bonds is 6. The molecule has 3 N–H and O–H groups in total. The van der Waals surface area contributed by atoms with Crippen LogP contribution >= 0.6 is 11.3 Å². The maximum atomic E-state index is 11.1. The lowest BCUT2D eigenvalue weighted by Crippen LogP contribution is -2.33. The number of thiophene rings is 1. The maximum Gasteiger partial charge on any atom is 0.328 e. The summed E-state index contributed by atoms with van der Waals surface area (Å²) in [6, 6.07) is 1.73. The molecule has 6 nitrogen and oxygen atoms in total. The van der Waals surface area contributed by atoms with Gasteiger partial charge >= 0.3 is 5.97 Å². The monoisotopic (exact) mass is 276 g/mol. The quantitative estimate of drug-likeness (QED) is 0.655. The smallest absolute Gasteiger partial charge is 0.328 e. The summed E-state index contributed by atoms with van der Waals surface area (Å²) >= 11 is 1.35. The summed E-state index contributed by atoms with van der Waals surface area (Å²) < 4.78 is 26.7. The first-order valence-corrected chi connectivity index (χ1v) is 6.96. The van der Waals surface area contributed by atoms with Gasteiger partial charge in [0.25, 0.3) is 10.2 Å². The van der Waals surface area contributed by atoms with Crippen LogP contribution in [0, 0.1) is 0 Å². The van der Waals surface area contributed by atoms with E-state index in [9.17, 15) is 13.2 Å². The third-order valence-electron chi connectivity index (χ3n) is 1.88. The normalized spacial score (nSPS) is 12.1. The van der Waals surface area contributed by atoms with Crippen molar-refractivity contribution < 1.29 is 18.3 Å². The molecule has 1 aromatic heterocycles. The van der Waals surface area contributed by atoms with Crippen LogP contribution < -0.4 is 9.44 Å². The minimum Gasteiger partial charge on any atom is -0.478 e. The molecule has 0 unspecified atom stereocenters. The van der Waals surface area contributed by atoms with Gasteiger partial charge in [0.15, 0.2) is 0 Å². The summed E-state index contributed by atoms with van der Waals surface area (Å²) in [5.41, 5.74) is 0.691. The third kappa shape index (κ3) is 4.65. The molecule has 0 aliphatic heterocycles. The zero-order valence-corrected chi connectivity index (χ0v) is 10.6. The lowest BCUT2D eigenvalue weighted by Gasteiger charge is -2.04. The van der Waals surface area contributed by atoms with E-state index >= 15 is 0 Å². The van der Waals surface area contributed by atoms with Crippen LogP contribution in [-0.2, 0) is 21.5 Å². The molecule has 0 atom stereocenters. The number of nitrogens with one attached hydrogen (secondary N) is 2. The number of hydrogen-bond donors (Lipinski definition) is 3. The third-order valence-corrected chi connectivity index (χ3v) is 3.88. The predicted molar refractivity (Wildman–Crippen MR) is 65.8 cm³/mol. The Kier molecular flexibility index (Phi) is 4.82. The van der Waals surface area contributed by atoms with Crippen LogP contribution in [0.4, 0.5) is 0 Å². The molecule has 0 radical (unpaired) electrons. The van der Waals surface area contributed by atoms with Gasteiger partial charge < -0.3 is 5.11 Å². The second-order valence-electron chi connectivity index (χ2n) is 3.00. The molecule has 0 aliphatic carbocycles. The van der Waals surface area contributed by atoms with Gasteiger partial charge in [-0.25, -0.2) is 9.52 Å². The van der Waals surface area contributed by atoms with Gasteiger partial charge in [0.2, 0.25) is 0 Å². The standard InChI is InChI=1S/C9H12N2O4S2/c1-10-17(14,15)11-6-8-7(4-5-16-8)2-3-9(12)13/h2-5,10-11H,6H2,1H3,(H,12,13)/b3-2+. The number of carboxylic acids is 1. The molecule has 0 aliphatic rings. The Labute approximate surface area is 103 Å². The summed E-state index contributed by atoms with van der Waals surface area (Å²) in [5, 5.41) is 10.3. The van der Waals surface area contributed by atoms with E-state index in [0.29, 0.717) is 5.56 Å². The number of carbonyl (C=O) groups is 1. The van der Waals surface area contributed by atoms with Crippen molar-refractivity contribution in [3.05, 3.63) is 28.0 Å². The van der Waals surface area contributed by atoms with E-state index in [4.69, 9.17) is 5.11 Å². The van der Waals surface area contributed by atoms with E-state index in [1.807, 2.05) is 0 Å². The Bertz CT molecular complexity index is 519. The van der Waals surface area contributed by atoms with Gasteiger partial charge in [0.05, 0.1) is 0 Å². The molecule has 0 saturated heterocycles. The largest absolute Gasteiger partial charge is 0.478 e. The Morgan fingerprint density at radius 3 is 2.88 bits per heavy atom. The Morgan fingerprint density at radius 1 is 1.59 bits per heavy atom. The Balaban J connectivity index is 2.73. The fourth-order valence-corrected chi connectivity index (χ4v) is 2.41. The minimum absolute atomic E-state index is 0.125. The van der Waals surface area contributed by atoms with Gasteiger partial charge in [-0.1, -0.05) is 0 Å². The fraction of sp³-hybridized carbons (Fsp3) is 0.222. The van der Waals surface area contributed by atoms with Crippen molar-refractivity contribution in [2.24, 2.45) is 0 Å². The first kappa shape index (κ1) is 13.8. The maximum absolute atomic E-state index is 11.1. The zero-order valence-electron chi connectivity index (χ0n) is 9.00. The molecule has 94 valence electrons. The van der Waals surface area contributed by atoms with Crippen LogP contribution in [0.2, 0.25) is 0 Å². The lowest BCUT2D eigenvalue weighted by atomic mass is 10.2. The van der Waals surface area contributed by atoms with Crippen molar-refractivity contribution in [2.75, 3.05) is 7.05 Å². The van der Waals surface area contributed by atoms with E-state index < -0.39 is 16.2 Å². The average Bonchev–Trinajstić information content (AvgIpc) is 2.71. The van der Waals surface area contributed by atoms with Crippen LogP contribution in [0.25, 0.3) is 6.08 Å². The minimum atomic E-state index is -3.48. The van der Waals surface area contributed by atoms with Crippen LogP contribution in [-0.4, -0.2) is 26.5 Å². The number of aliphatic carboxylic acids is 1. The van der Waals surface area contributed by atoms with Gasteiger partial charge in [0, 0.05) is 24.5 Å². The number of carboxylic acid groups (broad SMARTS) is 1. The summed E-state index contributed by atoms with van der Waals surface area (Å²) in [7, 11) is -2.17. The van der Waals surface area contributed by atoms with Crippen LogP contribution in [0.5, 0.6) is 0 Å². The molecule has 0 bridgehead atoms. The van der Waals surface area contributed by atoms with Gasteiger partial charge in [-0.3, -0.25) is 0 Å². The summed E-state index contributed by atoms with van der Waals surface area (Å²) in [4.78, 5) is 11.1. The van der Waals surface area contributed by atoms with E-state index in [2.05, 4.69) is 9.44 Å². The van der Waals surface area contributed by atoms with Crippen molar-refractivity contribution in [3.63, 3.8) is 0 Å². The molecule has 0 spiro atoms. The molecule has 8 heteroatoms. The van der Waals surface area contributed by atoms with E-state index in [1.165, 1.54) is 24.5 Å². The highest BCUT2D eigenvalue weighted by Crippen LogP contribution is 2.18. The molecule has 17 heavy (non-hydrogen) atoms. The van der Waals surface area contributed by atoms with Gasteiger partial charge in [-0.05, 0) is 23.1 Å². The average molecular weight is 276 g/mol. The van der Waals surface area contributed by atoms with Crippen molar-refractivity contribution in [2.45, 2.75) is 6.54 Å². The molecule has 0 fully saturated rings. The highest BCUT2D eigenvalue weighted by atomic mass is 32.2. The molecular formula is C9H12N2O4S2. The molecule has 1 aromatic rings. The zero-order chi connectivity index (χ0) is 12.9. The predicted octanol–water partition coefficient (Wildman–Crippen LogP) is 0.400. The molecule has 1 rings (SSSR count). The van der Waals surface area contributed by atoms with E-state index in [0.717, 1.165) is 11.0 Å². The highest BCUT2D eigenvalue weighted by Gasteiger charge is 2.08. The fourth-order valence-electron chi connectivity index (χ4n) is 1.04. The van der Waals surface area contributed by atoms with Crippen molar-refractivity contribution in [1.29, 1.82) is 0 Å². The van der Waals surface area contributed by atoms with Crippen molar-refractivity contribution in [3.8, 4) is 0 Å². The highest BCUT2D eigenvalue weighted by molar-refractivity contribution is 7.87. The molecule has 1 heterocycles. The molecule has 0 saturated carbocycles. The molecular weight excluding hydrogens is 264 g/mol. The van der Waals surface area contributed by atoms with Crippen molar-refractivity contribution in [1.82, 2.24) is 9.44 Å². The Hall–Kier alpha value is -1.22. The van der Waals surface area contributed by atoms with E-state index in [1.54, 1.807) is 11.4 Å². The van der Waals surface area contributed by atoms with Crippen LogP contribution in [0.1, 0.15) is 10.4 Å². The van der Waals surface area contributed by atoms with Crippen LogP contribution in [0.3, 0.4) is 0 Å². The molecule has 0 amide bonds. The first-order valence-electron chi connectivity index (χ1n) is 4.60. The summed E-state index contributed by atoms with van der Waals surface area (Å²) in [5.74, 6) is -1.04. The SMILES string of the molecule is CNS(=O)(=O)NCc1sccc1/C=C/C(=O)O. The van der Waals surface area contributed by atoms with Gasteiger partial charge in [0.1, 0.15) is 0 Å². The topological polar surface area (TPSA) is 95.5 Å². The van der Waals surface area contributed by atoms with Crippen LogP contribution in [0.15, 0.2) is 17.5 Å². The summed E-state index contributed by atoms with van der Waals surface area (Å²) in [6.45, 7) is 0.125. The van der Waals surface area contributed by atoms with Gasteiger partial charge in [-0.15, -0.1) is 11.3 Å². The Morgan fingerprint density at radius 2 is 2.29 bits per heavy atom. The second kappa shape index (κ2) is 5.92. The van der Waals surface area contributed by atoms with Crippen molar-refractivity contribution >= 4 is 33.6 Å². The molecule has 0 aromatic carbocycles. The second-order valence-corrected chi connectivity index (χ2v) is 5.70. The summed E-state index contributed by atoms with van der Waals surface area (Å²) in [6.07, 6.45) is 2.44.